The van der Waals surface area contributed by atoms with Crippen LogP contribution in [-0.4, -0.2) is 34.5 Å². The van der Waals surface area contributed by atoms with E-state index in [9.17, 15) is 9.59 Å². The minimum absolute atomic E-state index is 0.323. The first-order chi connectivity index (χ1) is 7.07. The molecule has 0 saturated carbocycles. The lowest BCUT2D eigenvalue weighted by molar-refractivity contribution is -0.140. The van der Waals surface area contributed by atoms with Crippen molar-refractivity contribution >= 4 is 23.6 Å². The third-order valence-corrected chi connectivity index (χ3v) is 2.57. The Morgan fingerprint density at radius 2 is 2.20 bits per heavy atom. The van der Waals surface area contributed by atoms with Crippen LogP contribution in [0.4, 0.5) is 0 Å². The lowest BCUT2D eigenvalue weighted by Crippen LogP contribution is -2.41. The molecule has 0 rings (SSSR count). The largest absolute Gasteiger partial charge is 0.480 e. The lowest BCUT2D eigenvalue weighted by Gasteiger charge is -2.11. The zero-order valence-electron chi connectivity index (χ0n) is 8.87. The van der Waals surface area contributed by atoms with Crippen LogP contribution in [0.5, 0.6) is 0 Å². The molecule has 84 valence electrons. The molecule has 0 aliphatic rings. The average molecular weight is 229 g/mol. The van der Waals surface area contributed by atoms with E-state index in [1.54, 1.807) is 6.92 Å². The molecule has 1 amide bonds. The highest BCUT2D eigenvalue weighted by Gasteiger charge is 2.17. The van der Waals surface area contributed by atoms with E-state index in [1.807, 2.05) is 0 Å². The lowest BCUT2D eigenvalue weighted by atomic mass is 10.3. The molecular weight excluding hydrogens is 214 g/mol. The topological polar surface area (TPSA) is 66.4 Å². The van der Waals surface area contributed by atoms with E-state index in [1.165, 1.54) is 18.7 Å². The van der Waals surface area contributed by atoms with Gasteiger partial charge in [-0.25, -0.2) is 4.79 Å². The Morgan fingerprint density at radius 1 is 1.53 bits per heavy atom. The van der Waals surface area contributed by atoms with Gasteiger partial charge >= 0.3 is 5.97 Å². The van der Waals surface area contributed by atoms with E-state index >= 15 is 0 Å². The van der Waals surface area contributed by atoms with Crippen LogP contribution in [0.1, 0.15) is 20.3 Å². The Hall–Kier alpha value is -1.15. The molecule has 0 aliphatic carbocycles. The number of rotatable bonds is 6. The van der Waals surface area contributed by atoms with Gasteiger partial charge in [-0.1, -0.05) is 0 Å². The first kappa shape index (κ1) is 13.8. The van der Waals surface area contributed by atoms with Gasteiger partial charge in [-0.15, -0.1) is 11.8 Å². The summed E-state index contributed by atoms with van der Waals surface area (Å²) in [5.74, 6) is 5.48. The third-order valence-electron chi connectivity index (χ3n) is 1.51. The van der Waals surface area contributed by atoms with Gasteiger partial charge in [0, 0.05) is 24.9 Å². The number of thioether (sulfide) groups is 1. The Morgan fingerprint density at radius 3 is 2.67 bits per heavy atom. The summed E-state index contributed by atoms with van der Waals surface area (Å²) in [5, 5.41) is 11.1. The highest BCUT2D eigenvalue weighted by Crippen LogP contribution is 2.04. The highest BCUT2D eigenvalue weighted by atomic mass is 32.2. The van der Waals surface area contributed by atoms with E-state index < -0.39 is 12.0 Å². The minimum atomic E-state index is -1.00. The van der Waals surface area contributed by atoms with Gasteiger partial charge in [0.15, 0.2) is 0 Å². The van der Waals surface area contributed by atoms with Gasteiger partial charge in [0.2, 0.25) is 5.91 Å². The minimum Gasteiger partial charge on any atom is -0.480 e. The number of carboxylic acid groups (broad SMARTS) is 1. The Balaban J connectivity index is 3.79. The van der Waals surface area contributed by atoms with Gasteiger partial charge in [0.05, 0.1) is 0 Å². The van der Waals surface area contributed by atoms with Gasteiger partial charge in [-0.2, -0.15) is 11.8 Å². The maximum absolute atomic E-state index is 10.7. The van der Waals surface area contributed by atoms with Gasteiger partial charge in [-0.3, -0.25) is 4.79 Å². The van der Waals surface area contributed by atoms with Crippen molar-refractivity contribution in [1.82, 2.24) is 5.32 Å². The van der Waals surface area contributed by atoms with Gasteiger partial charge in [-0.05, 0) is 6.92 Å². The Labute approximate surface area is 93.8 Å². The second-order valence-electron chi connectivity index (χ2n) is 2.84. The fourth-order valence-corrected chi connectivity index (χ4v) is 1.74. The number of amides is 1. The molecule has 0 aromatic rings. The molecule has 1 unspecified atom stereocenters. The van der Waals surface area contributed by atoms with E-state index in [0.717, 1.165) is 12.2 Å². The number of hydrogen-bond acceptors (Lipinski definition) is 3. The molecule has 1 atom stereocenters. The van der Waals surface area contributed by atoms with Crippen LogP contribution in [0.3, 0.4) is 0 Å². The fourth-order valence-electron chi connectivity index (χ4n) is 0.869. The van der Waals surface area contributed by atoms with Crippen molar-refractivity contribution in [2.24, 2.45) is 0 Å². The number of carboxylic acids is 1. The van der Waals surface area contributed by atoms with Crippen LogP contribution < -0.4 is 5.32 Å². The highest BCUT2D eigenvalue weighted by molar-refractivity contribution is 7.99. The molecular formula is C10H15NO3S. The monoisotopic (exact) mass is 229 g/mol. The second kappa shape index (κ2) is 8.18. The second-order valence-corrected chi connectivity index (χ2v) is 3.99. The number of carbonyl (C=O) groups excluding carboxylic acids is 1. The Kier molecular flexibility index (Phi) is 7.56. The van der Waals surface area contributed by atoms with Gasteiger partial charge in [0.1, 0.15) is 6.04 Å². The van der Waals surface area contributed by atoms with Crippen LogP contribution in [0.15, 0.2) is 0 Å². The van der Waals surface area contributed by atoms with Crippen molar-refractivity contribution in [3.63, 3.8) is 0 Å². The van der Waals surface area contributed by atoms with Crippen molar-refractivity contribution in [3.8, 4) is 11.8 Å². The molecule has 15 heavy (non-hydrogen) atoms. The fraction of sp³-hybridized carbons (Fsp3) is 0.600. The number of hydrogen-bond donors (Lipinski definition) is 2. The first-order valence-electron chi connectivity index (χ1n) is 4.55. The molecule has 0 aromatic heterocycles. The summed E-state index contributed by atoms with van der Waals surface area (Å²) in [4.78, 5) is 21.4. The summed E-state index contributed by atoms with van der Waals surface area (Å²) in [6.45, 7) is 3.07. The average Bonchev–Trinajstić information content (AvgIpc) is 2.15. The standard InChI is InChI=1S/C10H15NO3S/c1-3-4-5-6-15-7-9(10(13)14)11-8(2)12/h9H,5-7H2,1-2H3,(H,11,12)(H,13,14). The zero-order valence-corrected chi connectivity index (χ0v) is 9.69. The molecule has 2 N–H and O–H groups in total. The predicted molar refractivity (Wildman–Crippen MR) is 60.6 cm³/mol. The van der Waals surface area contributed by atoms with Crippen molar-refractivity contribution in [2.75, 3.05) is 11.5 Å². The summed E-state index contributed by atoms with van der Waals surface area (Å²) in [6.07, 6.45) is 0.744. The van der Waals surface area contributed by atoms with Gasteiger partial charge in [0.25, 0.3) is 0 Å². The molecule has 0 spiro atoms. The maximum Gasteiger partial charge on any atom is 0.327 e. The van der Waals surface area contributed by atoms with Crippen molar-refractivity contribution < 1.29 is 14.7 Å². The number of carbonyl (C=O) groups is 2. The third kappa shape index (κ3) is 7.89. The summed E-state index contributed by atoms with van der Waals surface area (Å²) in [5.41, 5.74) is 0. The summed E-state index contributed by atoms with van der Waals surface area (Å²) >= 11 is 1.47. The smallest absolute Gasteiger partial charge is 0.327 e. The molecule has 0 saturated heterocycles. The van der Waals surface area contributed by atoms with Crippen molar-refractivity contribution in [2.45, 2.75) is 26.3 Å². The van der Waals surface area contributed by atoms with Crippen LogP contribution in [-0.2, 0) is 9.59 Å². The van der Waals surface area contributed by atoms with E-state index in [-0.39, 0.29) is 5.91 Å². The van der Waals surface area contributed by atoms with E-state index in [4.69, 9.17) is 5.11 Å². The van der Waals surface area contributed by atoms with E-state index in [0.29, 0.717) is 5.75 Å². The maximum atomic E-state index is 10.7. The SMILES string of the molecule is CC#CCCSCC(NC(C)=O)C(=O)O. The van der Waals surface area contributed by atoms with Gasteiger partial charge < -0.3 is 10.4 Å². The quantitative estimate of drug-likeness (QED) is 0.520. The molecule has 0 aromatic carbocycles. The molecule has 0 radical (unpaired) electrons. The summed E-state index contributed by atoms with van der Waals surface area (Å²) < 4.78 is 0. The van der Waals surface area contributed by atoms with Crippen molar-refractivity contribution in [1.29, 1.82) is 0 Å². The zero-order chi connectivity index (χ0) is 11.7. The number of nitrogens with one attached hydrogen (secondary N) is 1. The van der Waals surface area contributed by atoms with Crippen molar-refractivity contribution in [3.05, 3.63) is 0 Å². The number of aliphatic carboxylic acids is 1. The van der Waals surface area contributed by atoms with Crippen LogP contribution in [0.2, 0.25) is 0 Å². The first-order valence-corrected chi connectivity index (χ1v) is 5.70. The van der Waals surface area contributed by atoms with E-state index in [2.05, 4.69) is 17.2 Å². The summed E-state index contributed by atoms with van der Waals surface area (Å²) in [7, 11) is 0. The molecule has 5 heteroatoms. The van der Waals surface area contributed by atoms with Crippen LogP contribution in [0.25, 0.3) is 0 Å². The summed E-state index contributed by atoms with van der Waals surface area (Å²) in [6, 6.07) is -0.804. The molecule has 4 nitrogen and oxygen atoms in total. The van der Waals surface area contributed by atoms with Crippen LogP contribution >= 0.6 is 11.8 Å². The molecule has 0 bridgehead atoms. The molecule has 0 aliphatic heterocycles. The normalized spacial score (nSPS) is 11.1. The Bertz CT molecular complexity index is 280. The molecule has 0 heterocycles. The predicted octanol–water partition coefficient (Wildman–Crippen LogP) is 0.722. The van der Waals surface area contributed by atoms with Crippen LogP contribution in [0, 0.1) is 11.8 Å². The molecule has 0 fully saturated rings.